The van der Waals surface area contributed by atoms with Gasteiger partial charge < -0.3 is 5.32 Å². The summed E-state index contributed by atoms with van der Waals surface area (Å²) in [6, 6.07) is 14.4. The minimum atomic E-state index is 0. The second-order valence-electron chi connectivity index (χ2n) is 4.29. The molecule has 0 unspecified atom stereocenters. The molecular formula is C15H16ClN3S. The van der Waals surface area contributed by atoms with E-state index in [1.54, 1.807) is 11.3 Å². The summed E-state index contributed by atoms with van der Waals surface area (Å²) in [5.74, 6) is 0. The first-order chi connectivity index (χ1) is 9.38. The molecule has 0 aliphatic heterocycles. The first-order valence-corrected chi connectivity index (χ1v) is 7.09. The molecule has 0 radical (unpaired) electrons. The van der Waals surface area contributed by atoms with Crippen LogP contribution in [0.25, 0.3) is 16.3 Å². The van der Waals surface area contributed by atoms with Crippen LogP contribution in [0.15, 0.2) is 54.0 Å². The van der Waals surface area contributed by atoms with E-state index in [-0.39, 0.29) is 12.4 Å². The van der Waals surface area contributed by atoms with Crippen molar-refractivity contribution in [3.63, 3.8) is 0 Å². The third kappa shape index (κ3) is 2.93. The van der Waals surface area contributed by atoms with Gasteiger partial charge in [-0.15, -0.1) is 23.7 Å². The van der Waals surface area contributed by atoms with Gasteiger partial charge in [-0.3, -0.25) is 0 Å². The van der Waals surface area contributed by atoms with E-state index in [9.17, 15) is 0 Å². The second kappa shape index (κ2) is 6.70. The highest BCUT2D eigenvalue weighted by atomic mass is 35.5. The molecule has 3 aromatic rings. The van der Waals surface area contributed by atoms with Crippen molar-refractivity contribution in [3.05, 3.63) is 59.6 Å². The van der Waals surface area contributed by atoms with E-state index in [1.165, 1.54) is 10.4 Å². The fraction of sp³-hybridized carbons (Fsp3) is 0.133. The average Bonchev–Trinajstić information content (AvgIpc) is 3.09. The number of hydrogen-bond acceptors (Lipinski definition) is 3. The minimum absolute atomic E-state index is 0. The predicted molar refractivity (Wildman–Crippen MR) is 86.9 cm³/mol. The Labute approximate surface area is 128 Å². The zero-order chi connectivity index (χ0) is 13.1. The van der Waals surface area contributed by atoms with Crippen LogP contribution in [0, 0.1) is 0 Å². The molecule has 2 heterocycles. The normalized spacial score (nSPS) is 10.2. The van der Waals surface area contributed by atoms with Crippen molar-refractivity contribution in [2.45, 2.75) is 6.54 Å². The van der Waals surface area contributed by atoms with E-state index in [2.05, 4.69) is 41.2 Å². The van der Waals surface area contributed by atoms with Crippen molar-refractivity contribution < 1.29 is 0 Å². The van der Waals surface area contributed by atoms with Gasteiger partial charge >= 0.3 is 0 Å². The molecule has 104 valence electrons. The van der Waals surface area contributed by atoms with E-state index in [0.29, 0.717) is 0 Å². The van der Waals surface area contributed by atoms with E-state index < -0.39 is 0 Å². The van der Waals surface area contributed by atoms with Crippen LogP contribution in [0.3, 0.4) is 0 Å². The van der Waals surface area contributed by atoms with Gasteiger partial charge in [0.25, 0.3) is 0 Å². The summed E-state index contributed by atoms with van der Waals surface area (Å²) in [6.45, 7) is 0.820. The average molecular weight is 306 g/mol. The molecule has 0 fully saturated rings. The number of nitrogens with zero attached hydrogens (tertiary/aromatic N) is 2. The van der Waals surface area contributed by atoms with Gasteiger partial charge in [-0.2, -0.15) is 5.10 Å². The van der Waals surface area contributed by atoms with Gasteiger partial charge in [0, 0.05) is 18.3 Å². The summed E-state index contributed by atoms with van der Waals surface area (Å²) in [5.41, 5.74) is 3.37. The van der Waals surface area contributed by atoms with E-state index >= 15 is 0 Å². The molecule has 0 saturated carbocycles. The van der Waals surface area contributed by atoms with Crippen molar-refractivity contribution in [2.24, 2.45) is 0 Å². The summed E-state index contributed by atoms with van der Waals surface area (Å²) >= 11 is 1.72. The van der Waals surface area contributed by atoms with Gasteiger partial charge in [-0.1, -0.05) is 24.3 Å². The quantitative estimate of drug-likeness (QED) is 0.796. The number of thiophene rings is 1. The Balaban J connectivity index is 0.00000147. The Morgan fingerprint density at radius 3 is 2.60 bits per heavy atom. The Kier molecular flexibility index (Phi) is 4.95. The first-order valence-electron chi connectivity index (χ1n) is 6.21. The topological polar surface area (TPSA) is 29.9 Å². The Morgan fingerprint density at radius 1 is 1.15 bits per heavy atom. The lowest BCUT2D eigenvalue weighted by Crippen LogP contribution is -2.04. The fourth-order valence-electron chi connectivity index (χ4n) is 2.06. The molecule has 20 heavy (non-hydrogen) atoms. The molecule has 0 aliphatic rings. The van der Waals surface area contributed by atoms with Gasteiger partial charge in [-0.05, 0) is 30.6 Å². The van der Waals surface area contributed by atoms with E-state index in [4.69, 9.17) is 5.10 Å². The summed E-state index contributed by atoms with van der Waals surface area (Å²) in [5, 5.41) is 10.0. The van der Waals surface area contributed by atoms with Crippen molar-refractivity contribution >= 4 is 23.7 Å². The van der Waals surface area contributed by atoms with Crippen LogP contribution < -0.4 is 5.32 Å². The third-order valence-corrected chi connectivity index (χ3v) is 3.81. The molecule has 0 spiro atoms. The largest absolute Gasteiger partial charge is 0.316 e. The van der Waals surface area contributed by atoms with Crippen LogP contribution in [0.1, 0.15) is 5.56 Å². The number of rotatable bonds is 4. The first kappa shape index (κ1) is 14.8. The molecule has 1 aromatic carbocycles. The lowest BCUT2D eigenvalue weighted by Gasteiger charge is -1.99. The highest BCUT2D eigenvalue weighted by Crippen LogP contribution is 2.27. The lowest BCUT2D eigenvalue weighted by atomic mass is 10.2. The SMILES string of the molecule is CNCc1cn(-c2ccccc2)nc1-c1cccs1.Cl. The number of nitrogens with one attached hydrogen (secondary N) is 1. The maximum absolute atomic E-state index is 4.73. The number of hydrogen-bond donors (Lipinski definition) is 1. The maximum atomic E-state index is 4.73. The highest BCUT2D eigenvalue weighted by Gasteiger charge is 2.12. The van der Waals surface area contributed by atoms with E-state index in [0.717, 1.165) is 17.9 Å². The van der Waals surface area contributed by atoms with Crippen LogP contribution in [0.5, 0.6) is 0 Å². The van der Waals surface area contributed by atoms with Gasteiger partial charge in [-0.25, -0.2) is 4.68 Å². The Morgan fingerprint density at radius 2 is 1.95 bits per heavy atom. The van der Waals surface area contributed by atoms with Crippen molar-refractivity contribution in [3.8, 4) is 16.3 Å². The second-order valence-corrected chi connectivity index (χ2v) is 5.24. The summed E-state index contributed by atoms with van der Waals surface area (Å²) in [7, 11) is 1.96. The molecule has 0 bridgehead atoms. The molecule has 3 rings (SSSR count). The van der Waals surface area contributed by atoms with E-state index in [1.807, 2.05) is 29.9 Å². The minimum Gasteiger partial charge on any atom is -0.316 e. The zero-order valence-corrected chi connectivity index (χ0v) is 12.7. The Hall–Kier alpha value is -1.62. The van der Waals surface area contributed by atoms with Gasteiger partial charge in [0.15, 0.2) is 0 Å². The molecular weight excluding hydrogens is 290 g/mol. The lowest BCUT2D eigenvalue weighted by molar-refractivity contribution is 0.817. The van der Waals surface area contributed by atoms with Gasteiger partial charge in [0.2, 0.25) is 0 Å². The molecule has 5 heteroatoms. The monoisotopic (exact) mass is 305 g/mol. The maximum Gasteiger partial charge on any atom is 0.107 e. The molecule has 0 saturated heterocycles. The fourth-order valence-corrected chi connectivity index (χ4v) is 2.81. The smallest absolute Gasteiger partial charge is 0.107 e. The number of para-hydroxylation sites is 1. The highest BCUT2D eigenvalue weighted by molar-refractivity contribution is 7.13. The Bertz CT molecular complexity index is 647. The van der Waals surface area contributed by atoms with Crippen LogP contribution in [-0.4, -0.2) is 16.8 Å². The molecule has 1 N–H and O–H groups in total. The molecule has 0 amide bonds. The molecule has 2 aromatic heterocycles. The van der Waals surface area contributed by atoms with Crippen LogP contribution in [-0.2, 0) is 6.54 Å². The number of benzene rings is 1. The van der Waals surface area contributed by atoms with Crippen molar-refractivity contribution in [1.29, 1.82) is 0 Å². The molecule has 3 nitrogen and oxygen atoms in total. The molecule has 0 atom stereocenters. The summed E-state index contributed by atoms with van der Waals surface area (Å²) < 4.78 is 1.95. The third-order valence-electron chi connectivity index (χ3n) is 2.93. The standard InChI is InChI=1S/C15H15N3S.ClH/c1-16-10-12-11-18(13-6-3-2-4-7-13)17-15(12)14-8-5-9-19-14;/h2-9,11,16H,10H2,1H3;1H. The van der Waals surface area contributed by atoms with Gasteiger partial charge in [0.05, 0.1) is 10.6 Å². The van der Waals surface area contributed by atoms with Gasteiger partial charge in [0.1, 0.15) is 5.69 Å². The number of aromatic nitrogens is 2. The van der Waals surface area contributed by atoms with Crippen LogP contribution in [0.4, 0.5) is 0 Å². The predicted octanol–water partition coefficient (Wildman–Crippen LogP) is 3.74. The van der Waals surface area contributed by atoms with Crippen LogP contribution >= 0.6 is 23.7 Å². The summed E-state index contributed by atoms with van der Waals surface area (Å²) in [6.07, 6.45) is 2.10. The number of halogens is 1. The van der Waals surface area contributed by atoms with Crippen LogP contribution in [0.2, 0.25) is 0 Å². The van der Waals surface area contributed by atoms with Crippen molar-refractivity contribution in [1.82, 2.24) is 15.1 Å². The van der Waals surface area contributed by atoms with Crippen molar-refractivity contribution in [2.75, 3.05) is 7.05 Å². The molecule has 0 aliphatic carbocycles. The summed E-state index contributed by atoms with van der Waals surface area (Å²) in [4.78, 5) is 1.21. The zero-order valence-electron chi connectivity index (χ0n) is 11.1.